The number of likely N-dealkylation sites (tertiary alicyclic amines) is 1. The number of aromatic nitrogens is 3. The molecule has 0 aromatic carbocycles. The van der Waals surface area contributed by atoms with Gasteiger partial charge in [0.1, 0.15) is 0 Å². The van der Waals surface area contributed by atoms with Crippen molar-refractivity contribution >= 4 is 11.7 Å². The van der Waals surface area contributed by atoms with E-state index in [4.69, 9.17) is 0 Å². The molecule has 2 atom stereocenters. The minimum absolute atomic E-state index is 0.0840. The summed E-state index contributed by atoms with van der Waals surface area (Å²) in [4.78, 5) is 14.5. The Morgan fingerprint density at radius 2 is 2.33 bits per heavy atom. The first-order valence-electron chi connectivity index (χ1n) is 8.69. The molecule has 3 rings (SSSR count). The van der Waals surface area contributed by atoms with Gasteiger partial charge in [-0.15, -0.1) is 10.2 Å². The molecule has 2 amide bonds. The SMILES string of the molecule is CCCC(NC(=O)N1CCCC(CO)C1)c1nnc2ccccn12. The zero-order valence-electron chi connectivity index (χ0n) is 14.1. The first-order chi connectivity index (χ1) is 11.7. The Hall–Kier alpha value is -2.15. The zero-order chi connectivity index (χ0) is 16.9. The van der Waals surface area contributed by atoms with Gasteiger partial charge in [0.05, 0.1) is 6.04 Å². The first-order valence-corrected chi connectivity index (χ1v) is 8.69. The molecule has 0 spiro atoms. The maximum Gasteiger partial charge on any atom is 0.317 e. The number of nitrogens with one attached hydrogen (secondary N) is 1. The van der Waals surface area contributed by atoms with Crippen molar-refractivity contribution < 1.29 is 9.90 Å². The number of fused-ring (bicyclic) bond motifs is 1. The maximum absolute atomic E-state index is 12.7. The predicted octanol–water partition coefficient (Wildman–Crippen LogP) is 1.98. The molecule has 2 aromatic rings. The van der Waals surface area contributed by atoms with E-state index in [9.17, 15) is 9.90 Å². The van der Waals surface area contributed by atoms with Crippen LogP contribution in [0.3, 0.4) is 0 Å². The predicted molar refractivity (Wildman–Crippen MR) is 90.6 cm³/mol. The van der Waals surface area contributed by atoms with Crippen LogP contribution < -0.4 is 5.32 Å². The van der Waals surface area contributed by atoms with E-state index in [2.05, 4.69) is 22.4 Å². The summed E-state index contributed by atoms with van der Waals surface area (Å²) in [5.41, 5.74) is 0.779. The molecule has 3 heterocycles. The molecule has 0 bridgehead atoms. The number of carbonyl (C=O) groups excluding carboxylic acids is 1. The first kappa shape index (κ1) is 16.7. The third-order valence-electron chi connectivity index (χ3n) is 4.59. The molecule has 1 aliphatic heterocycles. The normalized spacial score (nSPS) is 19.4. The highest BCUT2D eigenvalue weighted by Gasteiger charge is 2.26. The van der Waals surface area contributed by atoms with Crippen LogP contribution >= 0.6 is 0 Å². The molecule has 24 heavy (non-hydrogen) atoms. The Morgan fingerprint density at radius 3 is 3.12 bits per heavy atom. The van der Waals surface area contributed by atoms with Gasteiger partial charge in [-0.25, -0.2) is 4.79 Å². The minimum Gasteiger partial charge on any atom is -0.396 e. The number of piperidine rings is 1. The molecule has 7 nitrogen and oxygen atoms in total. The molecule has 130 valence electrons. The second kappa shape index (κ2) is 7.61. The van der Waals surface area contributed by atoms with E-state index in [-0.39, 0.29) is 24.6 Å². The molecule has 0 aliphatic carbocycles. The smallest absolute Gasteiger partial charge is 0.317 e. The van der Waals surface area contributed by atoms with Crippen LogP contribution in [-0.4, -0.2) is 50.3 Å². The summed E-state index contributed by atoms with van der Waals surface area (Å²) >= 11 is 0. The van der Waals surface area contributed by atoms with E-state index in [1.54, 1.807) is 4.90 Å². The largest absolute Gasteiger partial charge is 0.396 e. The van der Waals surface area contributed by atoms with E-state index in [1.165, 1.54) is 0 Å². The van der Waals surface area contributed by atoms with Crippen molar-refractivity contribution in [1.82, 2.24) is 24.8 Å². The van der Waals surface area contributed by atoms with Gasteiger partial charge in [0.2, 0.25) is 0 Å². The van der Waals surface area contributed by atoms with Crippen molar-refractivity contribution in [1.29, 1.82) is 0 Å². The van der Waals surface area contributed by atoms with E-state index in [1.807, 2.05) is 28.8 Å². The van der Waals surface area contributed by atoms with Crippen molar-refractivity contribution in [2.45, 2.75) is 38.6 Å². The van der Waals surface area contributed by atoms with Crippen LogP contribution in [0.1, 0.15) is 44.5 Å². The van der Waals surface area contributed by atoms with Crippen molar-refractivity contribution in [2.75, 3.05) is 19.7 Å². The lowest BCUT2D eigenvalue weighted by atomic mass is 9.99. The third-order valence-corrected chi connectivity index (χ3v) is 4.59. The molecule has 2 N–H and O–H groups in total. The maximum atomic E-state index is 12.7. The van der Waals surface area contributed by atoms with E-state index in [0.717, 1.165) is 43.7 Å². The van der Waals surface area contributed by atoms with Crippen LogP contribution in [0, 0.1) is 5.92 Å². The quantitative estimate of drug-likeness (QED) is 0.878. The number of aliphatic hydroxyl groups excluding tert-OH is 1. The highest BCUT2D eigenvalue weighted by molar-refractivity contribution is 5.74. The fourth-order valence-corrected chi connectivity index (χ4v) is 3.29. The van der Waals surface area contributed by atoms with Gasteiger partial charge in [-0.2, -0.15) is 0 Å². The number of rotatable bonds is 5. The number of hydrogen-bond acceptors (Lipinski definition) is 4. The summed E-state index contributed by atoms with van der Waals surface area (Å²) in [7, 11) is 0. The number of pyridine rings is 1. The lowest BCUT2D eigenvalue weighted by molar-refractivity contribution is 0.127. The standard InChI is InChI=1S/C17H25N5O2/c1-2-6-14(16-20-19-15-8-3-4-10-22(15)16)18-17(24)21-9-5-7-13(11-21)12-23/h3-4,8,10,13-14,23H,2,5-7,9,11-12H2,1H3,(H,18,24). The summed E-state index contributed by atoms with van der Waals surface area (Å²) in [6.07, 6.45) is 5.57. The highest BCUT2D eigenvalue weighted by atomic mass is 16.3. The summed E-state index contributed by atoms with van der Waals surface area (Å²) in [5, 5.41) is 20.9. The topological polar surface area (TPSA) is 82.8 Å². The average Bonchev–Trinajstić information content (AvgIpc) is 3.05. The number of urea groups is 1. The fraction of sp³-hybridized carbons (Fsp3) is 0.588. The summed E-state index contributed by atoms with van der Waals surface area (Å²) < 4.78 is 1.92. The second-order valence-corrected chi connectivity index (χ2v) is 6.41. The molecular weight excluding hydrogens is 306 g/mol. The Labute approximate surface area is 141 Å². The molecule has 1 fully saturated rings. The van der Waals surface area contributed by atoms with Gasteiger partial charge in [0, 0.05) is 25.9 Å². The molecule has 2 aromatic heterocycles. The molecular formula is C17H25N5O2. The molecule has 7 heteroatoms. The van der Waals surface area contributed by atoms with Crippen LogP contribution in [0.2, 0.25) is 0 Å². The molecule has 1 saturated heterocycles. The summed E-state index contributed by atoms with van der Waals surface area (Å²) in [6, 6.07) is 5.50. The molecule has 0 saturated carbocycles. The van der Waals surface area contributed by atoms with Gasteiger partial charge < -0.3 is 15.3 Å². The molecule has 0 radical (unpaired) electrons. The minimum atomic E-state index is -0.172. The van der Waals surface area contributed by atoms with Crippen LogP contribution in [-0.2, 0) is 0 Å². The number of hydrogen-bond donors (Lipinski definition) is 2. The van der Waals surface area contributed by atoms with Gasteiger partial charge in [-0.05, 0) is 37.3 Å². The van der Waals surface area contributed by atoms with Crippen molar-refractivity contribution in [3.8, 4) is 0 Å². The molecule has 2 unspecified atom stereocenters. The monoisotopic (exact) mass is 331 g/mol. The lowest BCUT2D eigenvalue weighted by Crippen LogP contribution is -2.47. The van der Waals surface area contributed by atoms with Crippen molar-refractivity contribution in [3.05, 3.63) is 30.2 Å². The number of carbonyl (C=O) groups is 1. The zero-order valence-corrected chi connectivity index (χ0v) is 14.1. The van der Waals surface area contributed by atoms with Crippen LogP contribution in [0.15, 0.2) is 24.4 Å². The highest BCUT2D eigenvalue weighted by Crippen LogP contribution is 2.20. The summed E-state index contributed by atoms with van der Waals surface area (Å²) in [6.45, 7) is 3.57. The Kier molecular flexibility index (Phi) is 5.30. The van der Waals surface area contributed by atoms with Crippen molar-refractivity contribution in [2.24, 2.45) is 5.92 Å². The van der Waals surface area contributed by atoms with E-state index >= 15 is 0 Å². The van der Waals surface area contributed by atoms with E-state index < -0.39 is 0 Å². The van der Waals surface area contributed by atoms with Crippen LogP contribution in [0.25, 0.3) is 5.65 Å². The fourth-order valence-electron chi connectivity index (χ4n) is 3.29. The average molecular weight is 331 g/mol. The Balaban J connectivity index is 1.75. The summed E-state index contributed by atoms with van der Waals surface area (Å²) in [5.74, 6) is 0.944. The number of aliphatic hydroxyl groups is 1. The van der Waals surface area contributed by atoms with E-state index in [0.29, 0.717) is 6.54 Å². The van der Waals surface area contributed by atoms with Crippen LogP contribution in [0.5, 0.6) is 0 Å². The van der Waals surface area contributed by atoms with Gasteiger partial charge in [-0.3, -0.25) is 4.40 Å². The number of amides is 2. The third kappa shape index (κ3) is 3.51. The second-order valence-electron chi connectivity index (χ2n) is 6.41. The molecule has 1 aliphatic rings. The Bertz CT molecular complexity index is 686. The van der Waals surface area contributed by atoms with Gasteiger partial charge in [0.15, 0.2) is 11.5 Å². The van der Waals surface area contributed by atoms with Gasteiger partial charge in [-0.1, -0.05) is 19.4 Å². The van der Waals surface area contributed by atoms with Gasteiger partial charge >= 0.3 is 6.03 Å². The Morgan fingerprint density at radius 1 is 1.46 bits per heavy atom. The number of nitrogens with zero attached hydrogens (tertiary/aromatic N) is 4. The lowest BCUT2D eigenvalue weighted by Gasteiger charge is -2.33. The van der Waals surface area contributed by atoms with Gasteiger partial charge in [0.25, 0.3) is 0 Å². The van der Waals surface area contributed by atoms with Crippen LogP contribution in [0.4, 0.5) is 4.79 Å². The van der Waals surface area contributed by atoms with Crippen molar-refractivity contribution in [3.63, 3.8) is 0 Å².